The van der Waals surface area contributed by atoms with Crippen LogP contribution in [0, 0.1) is 0 Å². The Hall–Kier alpha value is -0.610. The molecule has 0 aromatic heterocycles. The van der Waals surface area contributed by atoms with Crippen LogP contribution < -0.4 is 10.4 Å². The minimum absolute atomic E-state index is 0.547. The van der Waals surface area contributed by atoms with E-state index in [4.69, 9.17) is 5.11 Å². The second kappa shape index (κ2) is 2.98. The van der Waals surface area contributed by atoms with Gasteiger partial charge in [0.15, 0.2) is 0 Å². The van der Waals surface area contributed by atoms with Gasteiger partial charge < -0.3 is 20.3 Å². The lowest BCUT2D eigenvalue weighted by Gasteiger charge is -2.29. The Morgan fingerprint density at radius 2 is 2.40 bits per heavy atom. The molecular formula is C6H10NO3-. The second-order valence-corrected chi connectivity index (χ2v) is 2.46. The van der Waals surface area contributed by atoms with Crippen LogP contribution in [0.1, 0.15) is 12.8 Å². The Kier molecular flexibility index (Phi) is 2.24. The standard InChI is InChI=1S/C6H11NO3/c8-4-2-1-3-7-5(4)6(9)10/h4-5,7-8H,1-3H2,(H,9,10)/p-1. The number of nitrogens with one attached hydrogen (secondary N) is 1. The summed E-state index contributed by atoms with van der Waals surface area (Å²) in [6.45, 7) is 0.649. The maximum Gasteiger partial charge on any atom is 0.0747 e. The predicted octanol–water partition coefficient (Wildman–Crippen LogP) is -2.15. The molecule has 1 aliphatic heterocycles. The molecule has 1 heterocycles. The first-order valence-electron chi connectivity index (χ1n) is 3.34. The van der Waals surface area contributed by atoms with Crippen LogP contribution in [-0.4, -0.2) is 29.8 Å². The van der Waals surface area contributed by atoms with Gasteiger partial charge in [0.2, 0.25) is 0 Å². The average Bonchev–Trinajstić information content (AvgIpc) is 1.88. The van der Waals surface area contributed by atoms with Crippen LogP contribution in [-0.2, 0) is 4.79 Å². The molecular weight excluding hydrogens is 134 g/mol. The first kappa shape index (κ1) is 7.50. The Labute approximate surface area is 58.9 Å². The van der Waals surface area contributed by atoms with E-state index < -0.39 is 18.1 Å². The first-order chi connectivity index (χ1) is 4.72. The molecule has 4 heteroatoms. The molecule has 2 N–H and O–H groups in total. The Bertz CT molecular complexity index is 137. The highest BCUT2D eigenvalue weighted by molar-refractivity contribution is 5.72. The summed E-state index contributed by atoms with van der Waals surface area (Å²) in [6, 6.07) is -0.867. The molecule has 0 radical (unpaired) electrons. The molecule has 1 fully saturated rings. The SMILES string of the molecule is O=C([O-])C1NCCCC1O. The monoisotopic (exact) mass is 144 g/mol. The number of aliphatic hydroxyl groups excluding tert-OH is 1. The maximum atomic E-state index is 10.2. The zero-order chi connectivity index (χ0) is 7.56. The number of hydrogen-bond donors (Lipinski definition) is 2. The summed E-state index contributed by atoms with van der Waals surface area (Å²) in [6.07, 6.45) is 0.593. The van der Waals surface area contributed by atoms with E-state index in [9.17, 15) is 9.90 Å². The molecule has 0 bridgehead atoms. The first-order valence-corrected chi connectivity index (χ1v) is 3.34. The number of carboxylic acid groups (broad SMARTS) is 1. The highest BCUT2D eigenvalue weighted by atomic mass is 16.4. The Balaban J connectivity index is 2.47. The summed E-state index contributed by atoms with van der Waals surface area (Å²) in [5, 5.41) is 21.9. The lowest BCUT2D eigenvalue weighted by molar-refractivity contribution is -0.311. The molecule has 0 aliphatic carbocycles. The van der Waals surface area contributed by atoms with Crippen LogP contribution in [0.3, 0.4) is 0 Å². The molecule has 1 aliphatic rings. The van der Waals surface area contributed by atoms with Crippen molar-refractivity contribution in [3.8, 4) is 0 Å². The minimum Gasteiger partial charge on any atom is -0.548 e. The maximum absolute atomic E-state index is 10.2. The lowest BCUT2D eigenvalue weighted by atomic mass is 10.0. The van der Waals surface area contributed by atoms with E-state index in [1.165, 1.54) is 0 Å². The van der Waals surface area contributed by atoms with Crippen molar-refractivity contribution < 1.29 is 15.0 Å². The van der Waals surface area contributed by atoms with Crippen molar-refractivity contribution in [2.75, 3.05) is 6.54 Å². The van der Waals surface area contributed by atoms with Gasteiger partial charge in [-0.3, -0.25) is 0 Å². The third-order valence-corrected chi connectivity index (χ3v) is 1.68. The Morgan fingerprint density at radius 1 is 1.70 bits per heavy atom. The number of carboxylic acids is 1. The van der Waals surface area contributed by atoms with Crippen molar-refractivity contribution in [2.45, 2.75) is 25.0 Å². The van der Waals surface area contributed by atoms with Crippen LogP contribution >= 0.6 is 0 Å². The van der Waals surface area contributed by atoms with Crippen LogP contribution in [0.2, 0.25) is 0 Å². The number of piperidine rings is 1. The van der Waals surface area contributed by atoms with Gasteiger partial charge >= 0.3 is 0 Å². The quantitative estimate of drug-likeness (QED) is 0.440. The van der Waals surface area contributed by atoms with Crippen LogP contribution in [0.5, 0.6) is 0 Å². The number of carbonyl (C=O) groups excluding carboxylic acids is 1. The van der Waals surface area contributed by atoms with E-state index in [0.29, 0.717) is 13.0 Å². The van der Waals surface area contributed by atoms with E-state index in [1.807, 2.05) is 0 Å². The van der Waals surface area contributed by atoms with E-state index >= 15 is 0 Å². The van der Waals surface area contributed by atoms with Gasteiger partial charge in [0, 0.05) is 0 Å². The summed E-state index contributed by atoms with van der Waals surface area (Å²) < 4.78 is 0. The van der Waals surface area contributed by atoms with E-state index in [-0.39, 0.29) is 0 Å². The fourth-order valence-electron chi connectivity index (χ4n) is 1.11. The van der Waals surface area contributed by atoms with Gasteiger partial charge in [0.05, 0.1) is 18.1 Å². The summed E-state index contributed by atoms with van der Waals surface area (Å²) in [5.74, 6) is -1.22. The summed E-state index contributed by atoms with van der Waals surface area (Å²) >= 11 is 0. The zero-order valence-electron chi connectivity index (χ0n) is 5.54. The van der Waals surface area contributed by atoms with Gasteiger partial charge in [-0.2, -0.15) is 0 Å². The van der Waals surface area contributed by atoms with Crippen molar-refractivity contribution in [1.82, 2.24) is 5.32 Å². The number of aliphatic hydroxyl groups is 1. The third-order valence-electron chi connectivity index (χ3n) is 1.68. The van der Waals surface area contributed by atoms with Crippen LogP contribution in [0.4, 0.5) is 0 Å². The van der Waals surface area contributed by atoms with Crippen molar-refractivity contribution in [3.63, 3.8) is 0 Å². The molecule has 0 spiro atoms. The highest BCUT2D eigenvalue weighted by Gasteiger charge is 2.22. The van der Waals surface area contributed by atoms with Gasteiger partial charge in [-0.1, -0.05) is 0 Å². The normalized spacial score (nSPS) is 33.7. The van der Waals surface area contributed by atoms with Crippen molar-refractivity contribution >= 4 is 5.97 Å². The van der Waals surface area contributed by atoms with E-state index in [1.54, 1.807) is 0 Å². The molecule has 0 saturated carbocycles. The smallest absolute Gasteiger partial charge is 0.0747 e. The molecule has 4 nitrogen and oxygen atoms in total. The molecule has 1 saturated heterocycles. The third kappa shape index (κ3) is 1.46. The molecule has 58 valence electrons. The van der Waals surface area contributed by atoms with Gasteiger partial charge in [0.25, 0.3) is 0 Å². The van der Waals surface area contributed by atoms with Crippen molar-refractivity contribution in [3.05, 3.63) is 0 Å². The highest BCUT2D eigenvalue weighted by Crippen LogP contribution is 2.06. The molecule has 2 unspecified atom stereocenters. The van der Waals surface area contributed by atoms with Crippen LogP contribution in [0.15, 0.2) is 0 Å². The van der Waals surface area contributed by atoms with Gasteiger partial charge in [-0.05, 0) is 19.4 Å². The van der Waals surface area contributed by atoms with Crippen molar-refractivity contribution in [1.29, 1.82) is 0 Å². The van der Waals surface area contributed by atoms with Gasteiger partial charge in [0.1, 0.15) is 0 Å². The summed E-state index contributed by atoms with van der Waals surface area (Å²) in [7, 11) is 0. The fourth-order valence-corrected chi connectivity index (χ4v) is 1.11. The van der Waals surface area contributed by atoms with Gasteiger partial charge in [-0.15, -0.1) is 0 Å². The van der Waals surface area contributed by atoms with E-state index in [2.05, 4.69) is 5.32 Å². The molecule has 0 aromatic carbocycles. The second-order valence-electron chi connectivity index (χ2n) is 2.46. The largest absolute Gasteiger partial charge is 0.548 e. The topological polar surface area (TPSA) is 72.4 Å². The Morgan fingerprint density at radius 3 is 2.80 bits per heavy atom. The predicted molar refractivity (Wildman–Crippen MR) is 32.0 cm³/mol. The molecule has 1 rings (SSSR count). The average molecular weight is 144 g/mol. The number of hydrogen-bond acceptors (Lipinski definition) is 4. The summed E-state index contributed by atoms with van der Waals surface area (Å²) in [4.78, 5) is 10.2. The number of aliphatic carboxylic acids is 1. The molecule has 10 heavy (non-hydrogen) atoms. The number of carbonyl (C=O) groups is 1. The van der Waals surface area contributed by atoms with E-state index in [0.717, 1.165) is 6.42 Å². The lowest BCUT2D eigenvalue weighted by Crippen LogP contribution is -2.55. The van der Waals surface area contributed by atoms with Crippen LogP contribution in [0.25, 0.3) is 0 Å². The zero-order valence-corrected chi connectivity index (χ0v) is 5.54. The minimum atomic E-state index is -1.22. The van der Waals surface area contributed by atoms with Crippen molar-refractivity contribution in [2.24, 2.45) is 0 Å². The fraction of sp³-hybridized carbons (Fsp3) is 0.833. The van der Waals surface area contributed by atoms with Gasteiger partial charge in [-0.25, -0.2) is 0 Å². The molecule has 0 aromatic rings. The molecule has 2 atom stereocenters. The summed E-state index contributed by atoms with van der Waals surface area (Å²) in [5.41, 5.74) is 0. The molecule has 0 amide bonds. The number of rotatable bonds is 1.